The second kappa shape index (κ2) is 34.9. The molecule has 0 N–H and O–H groups in total. The van der Waals surface area contributed by atoms with Gasteiger partial charge in [0.15, 0.2) is 6.10 Å². The van der Waals surface area contributed by atoms with E-state index in [-0.39, 0.29) is 38.4 Å². The minimum absolute atomic E-state index is 0.0728. The van der Waals surface area contributed by atoms with Crippen molar-refractivity contribution in [2.24, 2.45) is 0 Å². The largest absolute Gasteiger partial charge is 0.462 e. The van der Waals surface area contributed by atoms with Crippen LogP contribution in [-0.4, -0.2) is 37.2 Å². The fraction of sp³-hybridized carbons (Fsp3) is 0.488. The van der Waals surface area contributed by atoms with Gasteiger partial charge in [0.05, 0.1) is 12.8 Å². The molecular formula is C41H60O6. The van der Waals surface area contributed by atoms with Crippen molar-refractivity contribution in [1.82, 2.24) is 0 Å². The molecule has 0 heterocycles. The van der Waals surface area contributed by atoms with Crippen molar-refractivity contribution in [2.45, 2.75) is 117 Å². The number of ether oxygens (including phenoxy) is 3. The maximum absolute atomic E-state index is 12.5. The number of rotatable bonds is 28. The summed E-state index contributed by atoms with van der Waals surface area (Å²) in [4.78, 5) is 37.1. The van der Waals surface area contributed by atoms with Gasteiger partial charge in [0, 0.05) is 6.42 Å². The molecule has 260 valence electrons. The van der Waals surface area contributed by atoms with Crippen molar-refractivity contribution in [1.29, 1.82) is 0 Å². The number of hydrogen-bond donors (Lipinski definition) is 0. The van der Waals surface area contributed by atoms with Gasteiger partial charge in [-0.15, -0.1) is 0 Å². The molecule has 0 amide bonds. The molecule has 0 aliphatic heterocycles. The predicted molar refractivity (Wildman–Crippen MR) is 196 cm³/mol. The van der Waals surface area contributed by atoms with Gasteiger partial charge in [-0.2, -0.15) is 0 Å². The molecule has 0 spiro atoms. The van der Waals surface area contributed by atoms with Gasteiger partial charge in [-0.3, -0.25) is 14.4 Å². The maximum Gasteiger partial charge on any atom is 0.310 e. The Labute approximate surface area is 285 Å². The Balaban J connectivity index is 4.70. The van der Waals surface area contributed by atoms with Gasteiger partial charge in [0.25, 0.3) is 0 Å². The Morgan fingerprint density at radius 1 is 0.447 bits per heavy atom. The summed E-state index contributed by atoms with van der Waals surface area (Å²) in [5.41, 5.74) is 0. The van der Waals surface area contributed by atoms with E-state index in [1.807, 2.05) is 24.3 Å². The van der Waals surface area contributed by atoms with Gasteiger partial charge in [0.1, 0.15) is 13.2 Å². The van der Waals surface area contributed by atoms with Crippen LogP contribution < -0.4 is 0 Å². The lowest BCUT2D eigenvalue weighted by molar-refractivity contribution is -0.166. The molecule has 0 bridgehead atoms. The molecule has 6 heteroatoms. The van der Waals surface area contributed by atoms with Crippen molar-refractivity contribution in [3.63, 3.8) is 0 Å². The van der Waals surface area contributed by atoms with E-state index in [0.717, 1.165) is 57.8 Å². The first-order valence-corrected chi connectivity index (χ1v) is 17.4. The minimum atomic E-state index is -0.879. The third-order valence-electron chi connectivity index (χ3n) is 6.32. The highest BCUT2D eigenvalue weighted by Crippen LogP contribution is 2.06. The summed E-state index contributed by atoms with van der Waals surface area (Å²) in [7, 11) is 0. The van der Waals surface area contributed by atoms with Gasteiger partial charge in [-0.1, -0.05) is 130 Å². The Kier molecular flexibility index (Phi) is 32.0. The van der Waals surface area contributed by atoms with Crippen LogP contribution in [0.25, 0.3) is 0 Å². The lowest BCUT2D eigenvalue weighted by Crippen LogP contribution is -2.30. The average molecular weight is 649 g/mol. The van der Waals surface area contributed by atoms with Crippen molar-refractivity contribution < 1.29 is 28.6 Å². The summed E-state index contributed by atoms with van der Waals surface area (Å²) < 4.78 is 16.2. The first-order chi connectivity index (χ1) is 23.0. The lowest BCUT2D eigenvalue weighted by Gasteiger charge is -2.17. The molecule has 0 saturated carbocycles. The molecule has 0 rings (SSSR count). The van der Waals surface area contributed by atoms with Gasteiger partial charge in [-0.25, -0.2) is 0 Å². The fourth-order valence-corrected chi connectivity index (χ4v) is 3.82. The van der Waals surface area contributed by atoms with E-state index in [4.69, 9.17) is 14.2 Å². The van der Waals surface area contributed by atoms with E-state index in [0.29, 0.717) is 12.8 Å². The molecule has 0 aromatic carbocycles. The molecule has 0 radical (unpaired) electrons. The first-order valence-electron chi connectivity index (χ1n) is 17.4. The lowest BCUT2D eigenvalue weighted by atomic mass is 10.2. The van der Waals surface area contributed by atoms with Gasteiger partial charge >= 0.3 is 17.9 Å². The molecule has 0 aliphatic rings. The summed E-state index contributed by atoms with van der Waals surface area (Å²) in [6, 6.07) is 0. The van der Waals surface area contributed by atoms with Crippen LogP contribution in [0.5, 0.6) is 0 Å². The standard InChI is InChI=1S/C41H60O6/c1-4-7-10-13-16-19-20-23-25-28-31-34-40(43)46-37-38(47-41(44)35-32-29-26-22-18-15-12-9-6-3)36-45-39(42)33-30-27-24-21-17-14-11-8-5-2/h7-12,16-19,21-23,25,27,29-30,32,38H,4-6,13-15,20,24,26,28,31,33-37H2,1-3H3/b10-7-,11-8-,12-9-,19-16-,21-17-,22-18-,25-23-,30-27-,32-29-. The summed E-state index contributed by atoms with van der Waals surface area (Å²) >= 11 is 0. The van der Waals surface area contributed by atoms with Crippen molar-refractivity contribution in [3.8, 4) is 0 Å². The third kappa shape index (κ3) is 33.3. The highest BCUT2D eigenvalue weighted by Gasteiger charge is 2.18. The van der Waals surface area contributed by atoms with Crippen LogP contribution in [0, 0.1) is 0 Å². The number of allylic oxidation sites excluding steroid dienone is 16. The minimum Gasteiger partial charge on any atom is -0.462 e. The third-order valence-corrected chi connectivity index (χ3v) is 6.32. The summed E-state index contributed by atoms with van der Waals surface area (Å²) in [6.07, 6.45) is 45.9. The van der Waals surface area contributed by atoms with E-state index < -0.39 is 18.0 Å². The topological polar surface area (TPSA) is 78.9 Å². The van der Waals surface area contributed by atoms with Crippen molar-refractivity contribution in [3.05, 3.63) is 109 Å². The number of esters is 3. The highest BCUT2D eigenvalue weighted by molar-refractivity contribution is 5.72. The first kappa shape index (κ1) is 43.1. The Hall–Kier alpha value is -3.93. The maximum atomic E-state index is 12.5. The van der Waals surface area contributed by atoms with E-state index in [1.54, 1.807) is 12.2 Å². The van der Waals surface area contributed by atoms with Gasteiger partial charge < -0.3 is 14.2 Å². The summed E-state index contributed by atoms with van der Waals surface area (Å²) in [6.45, 7) is 5.96. The van der Waals surface area contributed by atoms with E-state index in [9.17, 15) is 14.4 Å². The zero-order valence-corrected chi connectivity index (χ0v) is 29.2. The van der Waals surface area contributed by atoms with E-state index in [2.05, 4.69) is 93.7 Å². The highest BCUT2D eigenvalue weighted by atomic mass is 16.6. The van der Waals surface area contributed by atoms with Crippen LogP contribution in [0.2, 0.25) is 0 Å². The summed E-state index contributed by atoms with van der Waals surface area (Å²) in [5, 5.41) is 0. The molecule has 1 unspecified atom stereocenters. The van der Waals surface area contributed by atoms with Crippen molar-refractivity contribution in [2.75, 3.05) is 13.2 Å². The Morgan fingerprint density at radius 2 is 0.809 bits per heavy atom. The smallest absolute Gasteiger partial charge is 0.310 e. The van der Waals surface area contributed by atoms with Gasteiger partial charge in [-0.05, 0) is 70.6 Å². The zero-order chi connectivity index (χ0) is 34.5. The van der Waals surface area contributed by atoms with Crippen LogP contribution in [0.1, 0.15) is 111 Å². The molecule has 0 aromatic rings. The predicted octanol–water partition coefficient (Wildman–Crippen LogP) is 10.5. The van der Waals surface area contributed by atoms with Crippen LogP contribution >= 0.6 is 0 Å². The molecule has 6 nitrogen and oxygen atoms in total. The molecule has 1 atom stereocenters. The molecule has 0 fully saturated rings. The van der Waals surface area contributed by atoms with E-state index >= 15 is 0 Å². The molecule has 0 aromatic heterocycles. The Bertz CT molecular complexity index is 1070. The Morgan fingerprint density at radius 3 is 1.26 bits per heavy atom. The zero-order valence-electron chi connectivity index (χ0n) is 29.2. The van der Waals surface area contributed by atoms with Gasteiger partial charge in [0.2, 0.25) is 0 Å². The van der Waals surface area contributed by atoms with E-state index in [1.165, 1.54) is 0 Å². The van der Waals surface area contributed by atoms with Crippen LogP contribution in [0.15, 0.2) is 109 Å². The number of carbonyl (C=O) groups excluding carboxylic acids is 3. The van der Waals surface area contributed by atoms with Crippen LogP contribution in [0.4, 0.5) is 0 Å². The molecule has 47 heavy (non-hydrogen) atoms. The van der Waals surface area contributed by atoms with Crippen LogP contribution in [-0.2, 0) is 28.6 Å². The second-order valence-electron chi connectivity index (χ2n) is 10.7. The van der Waals surface area contributed by atoms with Crippen LogP contribution in [0.3, 0.4) is 0 Å². The monoisotopic (exact) mass is 648 g/mol. The van der Waals surface area contributed by atoms with Crippen molar-refractivity contribution >= 4 is 17.9 Å². The number of carbonyl (C=O) groups is 3. The quantitative estimate of drug-likeness (QED) is 0.0364. The summed E-state index contributed by atoms with van der Waals surface area (Å²) in [5.74, 6) is -1.30. The second-order valence-corrected chi connectivity index (χ2v) is 10.7. The number of unbranched alkanes of at least 4 members (excludes halogenated alkanes) is 1. The molecule has 0 saturated heterocycles. The average Bonchev–Trinajstić information content (AvgIpc) is 3.06. The molecule has 0 aliphatic carbocycles. The molecular weight excluding hydrogens is 588 g/mol. The fourth-order valence-electron chi connectivity index (χ4n) is 3.82. The number of hydrogen-bond acceptors (Lipinski definition) is 6. The SMILES string of the molecule is CC/C=C\C/C=C\C/C=C\CCCC(=O)OCC(COC(=O)C/C=C\C/C=C\C/C=C\CC)OC(=O)C/C=C\C/C=C\C/C=C\CC. The normalized spacial score (nSPS) is 13.3.